The molecule has 1 saturated carbocycles. The van der Waals surface area contributed by atoms with Crippen LogP contribution < -0.4 is 0 Å². The first-order valence-corrected chi connectivity index (χ1v) is 7.13. The number of aromatic nitrogens is 2. The van der Waals surface area contributed by atoms with Gasteiger partial charge < -0.3 is 14.8 Å². The molecule has 100 valence electrons. The molecule has 0 bridgehead atoms. The van der Waals surface area contributed by atoms with Crippen molar-refractivity contribution in [3.05, 3.63) is 17.7 Å². The molecule has 2 aliphatic rings. The lowest BCUT2D eigenvalue weighted by atomic mass is 9.87. The zero-order valence-corrected chi connectivity index (χ0v) is 10.8. The van der Waals surface area contributed by atoms with Crippen molar-refractivity contribution in [2.75, 3.05) is 13.2 Å². The van der Waals surface area contributed by atoms with E-state index in [-0.39, 0.29) is 6.10 Å². The minimum Gasteiger partial charge on any atom is -0.393 e. The number of hydrogen-bond acceptors (Lipinski definition) is 3. The smallest absolute Gasteiger partial charge is 0.109 e. The SMILES string of the molecule is OC1CCC(c2ncc(C3CCOCC3)[nH]2)CC1. The summed E-state index contributed by atoms with van der Waals surface area (Å²) in [4.78, 5) is 8.08. The summed E-state index contributed by atoms with van der Waals surface area (Å²) in [6.45, 7) is 1.74. The highest BCUT2D eigenvalue weighted by molar-refractivity contribution is 5.11. The Morgan fingerprint density at radius 2 is 1.78 bits per heavy atom. The van der Waals surface area contributed by atoms with E-state index < -0.39 is 0 Å². The number of rotatable bonds is 2. The molecule has 0 unspecified atom stereocenters. The largest absolute Gasteiger partial charge is 0.393 e. The van der Waals surface area contributed by atoms with Crippen LogP contribution in [0.1, 0.15) is 61.9 Å². The highest BCUT2D eigenvalue weighted by Gasteiger charge is 2.24. The number of imidazole rings is 1. The van der Waals surface area contributed by atoms with Crippen LogP contribution >= 0.6 is 0 Å². The Labute approximate surface area is 108 Å². The van der Waals surface area contributed by atoms with E-state index in [4.69, 9.17) is 4.74 Å². The summed E-state index contributed by atoms with van der Waals surface area (Å²) in [5, 5.41) is 9.54. The molecule has 0 spiro atoms. The summed E-state index contributed by atoms with van der Waals surface area (Å²) in [6.07, 6.45) is 8.07. The van der Waals surface area contributed by atoms with Crippen LogP contribution in [0.15, 0.2) is 6.20 Å². The van der Waals surface area contributed by atoms with E-state index in [2.05, 4.69) is 9.97 Å². The zero-order chi connectivity index (χ0) is 12.4. The van der Waals surface area contributed by atoms with Crippen LogP contribution in [0.2, 0.25) is 0 Å². The first-order valence-electron chi connectivity index (χ1n) is 7.13. The maximum Gasteiger partial charge on any atom is 0.109 e. The molecule has 0 atom stereocenters. The lowest BCUT2D eigenvalue weighted by Crippen LogP contribution is -2.18. The monoisotopic (exact) mass is 250 g/mol. The Morgan fingerprint density at radius 1 is 1.06 bits per heavy atom. The van der Waals surface area contributed by atoms with Crippen LogP contribution in [0, 0.1) is 0 Å². The first kappa shape index (κ1) is 12.2. The van der Waals surface area contributed by atoms with Crippen molar-refractivity contribution < 1.29 is 9.84 Å². The molecule has 1 aliphatic heterocycles. The molecule has 2 fully saturated rings. The van der Waals surface area contributed by atoms with E-state index in [1.807, 2.05) is 6.20 Å². The van der Waals surface area contributed by atoms with E-state index in [1.165, 1.54) is 5.69 Å². The van der Waals surface area contributed by atoms with Crippen LogP contribution in [0.5, 0.6) is 0 Å². The van der Waals surface area contributed by atoms with Gasteiger partial charge in [-0.25, -0.2) is 4.98 Å². The highest BCUT2D eigenvalue weighted by Crippen LogP contribution is 2.33. The maximum absolute atomic E-state index is 9.54. The fraction of sp³-hybridized carbons (Fsp3) is 0.786. The summed E-state index contributed by atoms with van der Waals surface area (Å²) in [5.41, 5.74) is 1.28. The quantitative estimate of drug-likeness (QED) is 0.847. The second kappa shape index (κ2) is 5.41. The summed E-state index contributed by atoms with van der Waals surface area (Å²) in [7, 11) is 0. The van der Waals surface area contributed by atoms with Crippen LogP contribution in [0.4, 0.5) is 0 Å². The third kappa shape index (κ3) is 2.59. The molecule has 1 aliphatic carbocycles. The Kier molecular flexibility index (Phi) is 3.66. The van der Waals surface area contributed by atoms with Crippen LogP contribution in [0.3, 0.4) is 0 Å². The van der Waals surface area contributed by atoms with Gasteiger partial charge in [-0.3, -0.25) is 0 Å². The van der Waals surface area contributed by atoms with E-state index in [9.17, 15) is 5.11 Å². The van der Waals surface area contributed by atoms with Gasteiger partial charge >= 0.3 is 0 Å². The lowest BCUT2D eigenvalue weighted by molar-refractivity contribution is 0.0845. The van der Waals surface area contributed by atoms with Gasteiger partial charge in [0.05, 0.1) is 6.10 Å². The molecule has 2 N–H and O–H groups in total. The molecule has 1 saturated heterocycles. The third-order valence-corrected chi connectivity index (χ3v) is 4.36. The maximum atomic E-state index is 9.54. The van der Waals surface area contributed by atoms with E-state index in [0.717, 1.165) is 57.6 Å². The van der Waals surface area contributed by atoms with Gasteiger partial charge in [0, 0.05) is 36.9 Å². The van der Waals surface area contributed by atoms with Crippen LogP contribution in [0.25, 0.3) is 0 Å². The topological polar surface area (TPSA) is 58.1 Å². The number of H-pyrrole nitrogens is 1. The van der Waals surface area contributed by atoms with Gasteiger partial charge in [0.15, 0.2) is 0 Å². The number of ether oxygens (including phenoxy) is 1. The molecule has 4 nitrogen and oxygen atoms in total. The van der Waals surface area contributed by atoms with E-state index >= 15 is 0 Å². The highest BCUT2D eigenvalue weighted by atomic mass is 16.5. The van der Waals surface area contributed by atoms with Crippen molar-refractivity contribution in [3.8, 4) is 0 Å². The lowest BCUT2D eigenvalue weighted by Gasteiger charge is -2.24. The second-order valence-electron chi connectivity index (χ2n) is 5.62. The van der Waals surface area contributed by atoms with Gasteiger partial charge in [-0.15, -0.1) is 0 Å². The molecular weight excluding hydrogens is 228 g/mol. The Balaban J connectivity index is 1.65. The predicted octanol–water partition coefficient (Wildman–Crippen LogP) is 2.32. The number of nitrogens with one attached hydrogen (secondary N) is 1. The Bertz CT molecular complexity index is 377. The Hall–Kier alpha value is -0.870. The molecule has 0 radical (unpaired) electrons. The zero-order valence-electron chi connectivity index (χ0n) is 10.8. The van der Waals surface area contributed by atoms with E-state index in [0.29, 0.717) is 11.8 Å². The molecule has 2 heterocycles. The average Bonchev–Trinajstić information content (AvgIpc) is 2.90. The predicted molar refractivity (Wildman–Crippen MR) is 68.6 cm³/mol. The molecule has 18 heavy (non-hydrogen) atoms. The molecule has 0 aromatic carbocycles. The summed E-state index contributed by atoms with van der Waals surface area (Å²) in [6, 6.07) is 0. The second-order valence-corrected chi connectivity index (χ2v) is 5.62. The number of aliphatic hydroxyl groups excluding tert-OH is 1. The van der Waals surface area contributed by atoms with Crippen molar-refractivity contribution in [2.24, 2.45) is 0 Å². The van der Waals surface area contributed by atoms with Gasteiger partial charge in [-0.2, -0.15) is 0 Å². The molecule has 0 amide bonds. The molecule has 3 rings (SSSR count). The summed E-state index contributed by atoms with van der Waals surface area (Å²) in [5.74, 6) is 2.24. The van der Waals surface area contributed by atoms with Gasteiger partial charge in [-0.05, 0) is 38.5 Å². The molecule has 4 heteroatoms. The van der Waals surface area contributed by atoms with Gasteiger partial charge in [0.25, 0.3) is 0 Å². The number of hydrogen-bond donors (Lipinski definition) is 2. The van der Waals surface area contributed by atoms with Gasteiger partial charge in [-0.1, -0.05) is 0 Å². The fourth-order valence-corrected chi connectivity index (χ4v) is 3.12. The fourth-order valence-electron chi connectivity index (χ4n) is 3.12. The van der Waals surface area contributed by atoms with Crippen LogP contribution in [-0.2, 0) is 4.74 Å². The van der Waals surface area contributed by atoms with Crippen molar-refractivity contribution in [1.29, 1.82) is 0 Å². The molecule has 1 aromatic heterocycles. The van der Waals surface area contributed by atoms with Crippen LogP contribution in [-0.4, -0.2) is 34.4 Å². The number of aromatic amines is 1. The average molecular weight is 250 g/mol. The number of aliphatic hydroxyl groups is 1. The van der Waals surface area contributed by atoms with Crippen molar-refractivity contribution in [3.63, 3.8) is 0 Å². The minimum absolute atomic E-state index is 0.0915. The molecular formula is C14H22N2O2. The normalized spacial score (nSPS) is 30.5. The third-order valence-electron chi connectivity index (χ3n) is 4.36. The Morgan fingerprint density at radius 3 is 2.50 bits per heavy atom. The molecule has 1 aromatic rings. The standard InChI is InChI=1S/C14H22N2O2/c17-12-3-1-11(2-4-12)14-15-9-13(16-14)10-5-7-18-8-6-10/h9-12,17H,1-8H2,(H,15,16). The number of nitrogens with zero attached hydrogens (tertiary/aromatic N) is 1. The summed E-state index contributed by atoms with van der Waals surface area (Å²) >= 11 is 0. The van der Waals surface area contributed by atoms with Crippen molar-refractivity contribution in [2.45, 2.75) is 56.5 Å². The van der Waals surface area contributed by atoms with Crippen molar-refractivity contribution in [1.82, 2.24) is 9.97 Å². The minimum atomic E-state index is -0.0915. The van der Waals surface area contributed by atoms with E-state index in [1.54, 1.807) is 0 Å². The summed E-state index contributed by atoms with van der Waals surface area (Å²) < 4.78 is 5.39. The van der Waals surface area contributed by atoms with Gasteiger partial charge in [0.2, 0.25) is 0 Å². The first-order chi connectivity index (χ1) is 8.83. The van der Waals surface area contributed by atoms with Crippen molar-refractivity contribution >= 4 is 0 Å². The van der Waals surface area contributed by atoms with Gasteiger partial charge in [0.1, 0.15) is 5.82 Å².